The van der Waals surface area contributed by atoms with E-state index >= 15 is 0 Å². The fraction of sp³-hybridized carbons (Fsp3) is 0.286. The molecule has 3 nitrogen and oxygen atoms in total. The van der Waals surface area contributed by atoms with Crippen LogP contribution < -0.4 is 11.1 Å². The Morgan fingerprint density at radius 1 is 1.40 bits per heavy atom. The normalized spacial score (nSPS) is 11.4. The van der Waals surface area contributed by atoms with E-state index in [9.17, 15) is 0 Å². The molecule has 0 spiro atoms. The average molecular weight is 326 g/mol. The molecular weight excluding hydrogens is 310 g/mol. The number of aromatic nitrogens is 1. The van der Waals surface area contributed by atoms with Crippen molar-refractivity contribution < 1.29 is 0 Å². The molecule has 0 amide bonds. The van der Waals surface area contributed by atoms with E-state index in [4.69, 9.17) is 29.6 Å². The van der Waals surface area contributed by atoms with Crippen LogP contribution in [0.25, 0.3) is 0 Å². The van der Waals surface area contributed by atoms with Crippen LogP contribution in [0.3, 0.4) is 0 Å². The number of nitrogens with two attached hydrogens (primary N) is 1. The number of hydrogen-bond donors (Lipinski definition) is 2. The van der Waals surface area contributed by atoms with Crippen molar-refractivity contribution in [1.82, 2.24) is 4.98 Å². The van der Waals surface area contributed by atoms with Crippen LogP contribution in [0.2, 0.25) is 5.02 Å². The minimum atomic E-state index is 0.0302. The number of anilines is 2. The molecule has 0 aliphatic heterocycles. The number of halogens is 1. The molecule has 0 saturated carbocycles. The van der Waals surface area contributed by atoms with Crippen molar-refractivity contribution in [3.63, 3.8) is 0 Å². The molecule has 20 heavy (non-hydrogen) atoms. The second kappa shape index (κ2) is 5.68. The van der Waals surface area contributed by atoms with E-state index in [-0.39, 0.29) is 5.41 Å². The number of thiocarbonyl (C=S) groups is 1. The molecule has 3 N–H and O–H groups in total. The third-order valence-electron chi connectivity index (χ3n) is 2.76. The molecule has 0 fully saturated rings. The van der Waals surface area contributed by atoms with Crippen LogP contribution in [0.1, 0.15) is 32.0 Å². The second-order valence-electron chi connectivity index (χ2n) is 5.47. The monoisotopic (exact) mass is 325 g/mol. The zero-order valence-electron chi connectivity index (χ0n) is 11.5. The van der Waals surface area contributed by atoms with Crippen LogP contribution in [0.4, 0.5) is 10.8 Å². The molecule has 0 unspecified atom stereocenters. The lowest BCUT2D eigenvalue weighted by atomic mass is 9.93. The van der Waals surface area contributed by atoms with Crippen molar-refractivity contribution in [2.75, 3.05) is 5.32 Å². The fourth-order valence-electron chi connectivity index (χ4n) is 1.62. The van der Waals surface area contributed by atoms with Gasteiger partial charge in [0, 0.05) is 21.4 Å². The van der Waals surface area contributed by atoms with Gasteiger partial charge in [-0.1, -0.05) is 44.6 Å². The van der Waals surface area contributed by atoms with Gasteiger partial charge in [-0.05, 0) is 18.2 Å². The molecule has 6 heteroatoms. The Morgan fingerprint density at radius 2 is 2.10 bits per heavy atom. The largest absolute Gasteiger partial charge is 0.389 e. The third kappa shape index (κ3) is 3.48. The summed E-state index contributed by atoms with van der Waals surface area (Å²) >= 11 is 12.6. The summed E-state index contributed by atoms with van der Waals surface area (Å²) in [4.78, 5) is 4.90. The first-order valence-electron chi connectivity index (χ1n) is 6.10. The van der Waals surface area contributed by atoms with Gasteiger partial charge in [-0.25, -0.2) is 4.98 Å². The fourth-order valence-corrected chi connectivity index (χ4v) is 2.91. The third-order valence-corrected chi connectivity index (χ3v) is 3.97. The average Bonchev–Trinajstić information content (AvgIpc) is 2.79. The van der Waals surface area contributed by atoms with Gasteiger partial charge >= 0.3 is 0 Å². The summed E-state index contributed by atoms with van der Waals surface area (Å²) in [6.07, 6.45) is 0. The molecule has 2 rings (SSSR count). The van der Waals surface area contributed by atoms with Crippen LogP contribution >= 0.6 is 35.2 Å². The van der Waals surface area contributed by atoms with Crippen LogP contribution in [-0.4, -0.2) is 9.97 Å². The van der Waals surface area contributed by atoms with Gasteiger partial charge in [-0.3, -0.25) is 0 Å². The van der Waals surface area contributed by atoms with Crippen LogP contribution in [0.15, 0.2) is 23.6 Å². The maximum Gasteiger partial charge on any atom is 0.187 e. The number of thiazole rings is 1. The predicted molar refractivity (Wildman–Crippen MR) is 91.4 cm³/mol. The lowest BCUT2D eigenvalue weighted by Crippen LogP contribution is -2.13. The predicted octanol–water partition coefficient (Wildman–Crippen LogP) is 4.47. The maximum absolute atomic E-state index is 5.97. The summed E-state index contributed by atoms with van der Waals surface area (Å²) < 4.78 is 0. The van der Waals surface area contributed by atoms with Gasteiger partial charge in [-0.2, -0.15) is 0 Å². The zero-order valence-corrected chi connectivity index (χ0v) is 13.9. The van der Waals surface area contributed by atoms with Gasteiger partial charge in [0.1, 0.15) is 4.99 Å². The highest BCUT2D eigenvalue weighted by atomic mass is 35.5. The molecule has 0 bridgehead atoms. The van der Waals surface area contributed by atoms with Crippen molar-refractivity contribution in [3.8, 4) is 0 Å². The van der Waals surface area contributed by atoms with Crippen LogP contribution in [0, 0.1) is 0 Å². The van der Waals surface area contributed by atoms with Crippen molar-refractivity contribution in [1.29, 1.82) is 0 Å². The molecule has 1 aromatic heterocycles. The Labute approximate surface area is 133 Å². The van der Waals surface area contributed by atoms with Gasteiger partial charge in [0.2, 0.25) is 0 Å². The highest BCUT2D eigenvalue weighted by molar-refractivity contribution is 7.80. The van der Waals surface area contributed by atoms with Gasteiger partial charge in [0.15, 0.2) is 5.13 Å². The Balaban J connectivity index is 2.31. The van der Waals surface area contributed by atoms with Crippen molar-refractivity contribution >= 4 is 51.0 Å². The van der Waals surface area contributed by atoms with Crippen molar-refractivity contribution in [3.05, 3.63) is 39.9 Å². The lowest BCUT2D eigenvalue weighted by molar-refractivity contribution is 0.573. The highest BCUT2D eigenvalue weighted by Crippen LogP contribution is 2.30. The molecule has 1 aromatic carbocycles. The van der Waals surface area contributed by atoms with E-state index in [1.165, 1.54) is 0 Å². The number of benzene rings is 1. The number of nitrogens with zero attached hydrogens (tertiary/aromatic N) is 1. The minimum absolute atomic E-state index is 0.0302. The van der Waals surface area contributed by atoms with Crippen LogP contribution in [-0.2, 0) is 5.41 Å². The number of nitrogens with one attached hydrogen (secondary N) is 1. The molecule has 2 aromatic rings. The molecule has 0 aliphatic carbocycles. The number of hydrogen-bond acceptors (Lipinski definition) is 4. The summed E-state index contributed by atoms with van der Waals surface area (Å²) in [5.74, 6) is 0. The lowest BCUT2D eigenvalue weighted by Gasteiger charge is -2.14. The summed E-state index contributed by atoms with van der Waals surface area (Å²) in [6.45, 7) is 6.40. The van der Waals surface area contributed by atoms with E-state index in [1.54, 1.807) is 23.5 Å². The molecule has 0 aliphatic rings. The zero-order chi connectivity index (χ0) is 14.9. The first-order chi connectivity index (χ1) is 9.27. The molecular formula is C14H16ClN3S2. The van der Waals surface area contributed by atoms with E-state index in [0.29, 0.717) is 10.0 Å². The maximum atomic E-state index is 5.97. The van der Waals surface area contributed by atoms with E-state index < -0.39 is 0 Å². The molecule has 106 valence electrons. The highest BCUT2D eigenvalue weighted by Gasteiger charge is 2.18. The van der Waals surface area contributed by atoms with E-state index in [2.05, 4.69) is 36.5 Å². The number of rotatable bonds is 3. The standard InChI is InChI=1S/C14H16ClN3S2/c1-14(2,3)11-7-20-13(18-11)17-10-5-4-8(15)6-9(10)12(16)19/h4-7H,1-3H3,(H2,16,19)(H,17,18). The van der Waals surface area contributed by atoms with Gasteiger partial charge in [0.05, 0.1) is 11.4 Å². The van der Waals surface area contributed by atoms with E-state index in [1.807, 2.05) is 6.07 Å². The van der Waals surface area contributed by atoms with Crippen molar-refractivity contribution in [2.45, 2.75) is 26.2 Å². The Kier molecular flexibility index (Phi) is 4.32. The van der Waals surface area contributed by atoms with E-state index in [0.717, 1.165) is 22.1 Å². The topological polar surface area (TPSA) is 50.9 Å². The van der Waals surface area contributed by atoms with Crippen LogP contribution in [0.5, 0.6) is 0 Å². The smallest absolute Gasteiger partial charge is 0.187 e. The SMILES string of the molecule is CC(C)(C)c1csc(Nc2ccc(Cl)cc2C(N)=S)n1. The minimum Gasteiger partial charge on any atom is -0.389 e. The Hall–Kier alpha value is -1.17. The molecule has 0 saturated heterocycles. The van der Waals surface area contributed by atoms with Gasteiger partial charge in [0.25, 0.3) is 0 Å². The van der Waals surface area contributed by atoms with Gasteiger partial charge in [-0.15, -0.1) is 11.3 Å². The summed E-state index contributed by atoms with van der Waals surface area (Å²) in [6, 6.07) is 5.41. The quantitative estimate of drug-likeness (QED) is 0.817. The molecule has 0 radical (unpaired) electrons. The van der Waals surface area contributed by atoms with Gasteiger partial charge < -0.3 is 11.1 Å². The Morgan fingerprint density at radius 3 is 2.65 bits per heavy atom. The molecule has 0 atom stereocenters. The summed E-state index contributed by atoms with van der Waals surface area (Å²) in [7, 11) is 0. The second-order valence-corrected chi connectivity index (χ2v) is 7.20. The Bertz CT molecular complexity index is 644. The first kappa shape index (κ1) is 15.2. The summed E-state index contributed by atoms with van der Waals surface area (Å²) in [5.41, 5.74) is 8.35. The first-order valence-corrected chi connectivity index (χ1v) is 7.76. The van der Waals surface area contributed by atoms with Crippen molar-refractivity contribution in [2.24, 2.45) is 5.73 Å². The summed E-state index contributed by atoms with van der Waals surface area (Å²) in [5, 5.41) is 6.73. The molecule has 1 heterocycles.